The lowest BCUT2D eigenvalue weighted by Gasteiger charge is -2.37. The van der Waals surface area contributed by atoms with Gasteiger partial charge in [-0.3, -0.25) is 0 Å². The minimum absolute atomic E-state index is 0.0143. The second kappa shape index (κ2) is 11.8. The number of ether oxygens (including phenoxy) is 2. The fraction of sp³-hybridized carbons (Fsp3) is 0.423. The van der Waals surface area contributed by atoms with Crippen molar-refractivity contribution in [3.8, 4) is 0 Å². The van der Waals surface area contributed by atoms with Gasteiger partial charge in [-0.05, 0) is 55.5 Å². The fourth-order valence-corrected chi connectivity index (χ4v) is 4.90. The average Bonchev–Trinajstić information content (AvgIpc) is 3.04. The van der Waals surface area contributed by atoms with Gasteiger partial charge >= 0.3 is 18.1 Å². The molecule has 10 heteroatoms. The number of hydrogen-bond acceptors (Lipinski definition) is 5. The Morgan fingerprint density at radius 1 is 1.08 bits per heavy atom. The first kappa shape index (κ1) is 26.1. The zero-order valence-corrected chi connectivity index (χ0v) is 21.6. The van der Waals surface area contributed by atoms with E-state index in [9.17, 15) is 14.4 Å². The zero-order chi connectivity index (χ0) is 25.7. The molecule has 2 aromatic rings. The van der Waals surface area contributed by atoms with E-state index in [-0.39, 0.29) is 25.1 Å². The van der Waals surface area contributed by atoms with Crippen molar-refractivity contribution in [3.05, 3.63) is 63.6 Å². The van der Waals surface area contributed by atoms with Gasteiger partial charge in [0.15, 0.2) is 0 Å². The molecule has 192 valence electrons. The average molecular weight is 534 g/mol. The van der Waals surface area contributed by atoms with Crippen LogP contribution in [0.4, 0.5) is 15.3 Å². The van der Waals surface area contributed by atoms with E-state index in [4.69, 9.17) is 32.7 Å². The lowest BCUT2D eigenvalue weighted by atomic mass is 10.0. The monoisotopic (exact) mass is 533 g/mol. The number of halogens is 2. The van der Waals surface area contributed by atoms with Crippen molar-refractivity contribution < 1.29 is 23.9 Å². The van der Waals surface area contributed by atoms with Gasteiger partial charge in [-0.2, -0.15) is 0 Å². The molecule has 0 bridgehead atoms. The van der Waals surface area contributed by atoms with Gasteiger partial charge in [-0.1, -0.05) is 47.5 Å². The molecule has 3 amide bonds. The second-order valence-corrected chi connectivity index (χ2v) is 9.64. The van der Waals surface area contributed by atoms with Crippen molar-refractivity contribution in [2.45, 2.75) is 44.8 Å². The number of likely N-dealkylation sites (tertiary alicyclic amines) is 1. The number of carbonyl (C=O) groups excluding carboxylic acids is 3. The molecule has 4 rings (SSSR count). The number of nitrogens with zero attached hydrogens (tertiary/aromatic N) is 2. The van der Waals surface area contributed by atoms with Gasteiger partial charge in [-0.25, -0.2) is 14.4 Å². The number of esters is 1. The highest BCUT2D eigenvalue weighted by atomic mass is 35.5. The Labute approximate surface area is 220 Å². The number of urea groups is 1. The standard InChI is InChI=1S/C26H29Cl2N3O5/c1-2-35-24(32)23(16-17-7-8-20(27)21(28)15-17)36-26(34)30-12-10-19(11-13-30)31-14-9-18-5-3-4-6-22(18)29-25(31)33/h3-8,15,19,23H,2,9-14,16H2,1H3,(H,29,33). The van der Waals surface area contributed by atoms with Gasteiger partial charge in [0.1, 0.15) is 0 Å². The van der Waals surface area contributed by atoms with Gasteiger partial charge in [0.25, 0.3) is 0 Å². The van der Waals surface area contributed by atoms with Crippen LogP contribution in [0.1, 0.15) is 30.9 Å². The Balaban J connectivity index is 1.35. The van der Waals surface area contributed by atoms with Gasteiger partial charge in [0, 0.05) is 37.8 Å². The highest BCUT2D eigenvalue weighted by molar-refractivity contribution is 6.42. The number of fused-ring (bicyclic) bond motifs is 1. The molecule has 2 aliphatic rings. The van der Waals surface area contributed by atoms with E-state index >= 15 is 0 Å². The topological polar surface area (TPSA) is 88.2 Å². The van der Waals surface area contributed by atoms with E-state index in [0.717, 1.165) is 17.7 Å². The van der Waals surface area contributed by atoms with E-state index in [1.807, 2.05) is 29.2 Å². The maximum absolute atomic E-state index is 12.9. The number of hydrogen-bond donors (Lipinski definition) is 1. The first-order valence-corrected chi connectivity index (χ1v) is 12.8. The fourth-order valence-electron chi connectivity index (χ4n) is 4.58. The van der Waals surface area contributed by atoms with E-state index in [1.165, 1.54) is 0 Å². The van der Waals surface area contributed by atoms with Crippen LogP contribution in [0, 0.1) is 0 Å². The smallest absolute Gasteiger partial charge is 0.410 e. The number of carbonyl (C=O) groups is 3. The second-order valence-electron chi connectivity index (χ2n) is 8.83. The molecule has 1 N–H and O–H groups in total. The van der Waals surface area contributed by atoms with Crippen LogP contribution in [0.25, 0.3) is 0 Å². The Bertz CT molecular complexity index is 1120. The summed E-state index contributed by atoms with van der Waals surface area (Å²) in [6.45, 7) is 3.32. The quantitative estimate of drug-likeness (QED) is 0.518. The van der Waals surface area contributed by atoms with E-state index in [0.29, 0.717) is 48.1 Å². The molecule has 1 fully saturated rings. The third-order valence-corrected chi connectivity index (χ3v) is 7.24. The van der Waals surface area contributed by atoms with Crippen molar-refractivity contribution >= 4 is 47.0 Å². The van der Waals surface area contributed by atoms with Gasteiger partial charge in [-0.15, -0.1) is 0 Å². The van der Waals surface area contributed by atoms with Gasteiger partial charge in [0.2, 0.25) is 6.10 Å². The molecule has 36 heavy (non-hydrogen) atoms. The summed E-state index contributed by atoms with van der Waals surface area (Å²) >= 11 is 12.1. The molecule has 0 saturated carbocycles. The summed E-state index contributed by atoms with van der Waals surface area (Å²) in [7, 11) is 0. The minimum atomic E-state index is -1.11. The summed E-state index contributed by atoms with van der Waals surface area (Å²) in [5.41, 5.74) is 2.65. The molecule has 2 aliphatic heterocycles. The maximum Gasteiger partial charge on any atom is 0.410 e. The van der Waals surface area contributed by atoms with Crippen molar-refractivity contribution in [2.24, 2.45) is 0 Å². The third-order valence-electron chi connectivity index (χ3n) is 6.50. The van der Waals surface area contributed by atoms with Crippen molar-refractivity contribution in [1.82, 2.24) is 9.80 Å². The van der Waals surface area contributed by atoms with E-state index in [2.05, 4.69) is 5.32 Å². The molecule has 0 radical (unpaired) electrons. The summed E-state index contributed by atoms with van der Waals surface area (Å²) in [6, 6.07) is 12.7. The van der Waals surface area contributed by atoms with Crippen LogP contribution in [0.2, 0.25) is 10.0 Å². The first-order valence-electron chi connectivity index (χ1n) is 12.1. The highest BCUT2D eigenvalue weighted by Crippen LogP contribution is 2.26. The maximum atomic E-state index is 12.9. The molecule has 1 atom stereocenters. The molecule has 0 aromatic heterocycles. The summed E-state index contributed by atoms with van der Waals surface area (Å²) in [4.78, 5) is 41.7. The molecule has 8 nitrogen and oxygen atoms in total. The Morgan fingerprint density at radius 3 is 2.56 bits per heavy atom. The zero-order valence-electron chi connectivity index (χ0n) is 20.0. The molecular weight excluding hydrogens is 505 g/mol. The number of amides is 3. The van der Waals surface area contributed by atoms with Crippen molar-refractivity contribution in [3.63, 3.8) is 0 Å². The van der Waals surface area contributed by atoms with Crippen LogP contribution < -0.4 is 5.32 Å². The molecule has 2 heterocycles. The number of benzene rings is 2. The summed E-state index contributed by atoms with van der Waals surface area (Å²) in [6.07, 6.45) is 0.437. The normalized spacial score (nSPS) is 17.0. The molecule has 0 aliphatic carbocycles. The van der Waals surface area contributed by atoms with E-state index in [1.54, 1.807) is 30.0 Å². The van der Waals surface area contributed by atoms with Crippen molar-refractivity contribution in [1.29, 1.82) is 0 Å². The predicted molar refractivity (Wildman–Crippen MR) is 138 cm³/mol. The number of para-hydroxylation sites is 1. The van der Waals surface area contributed by atoms with Crippen LogP contribution in [0.15, 0.2) is 42.5 Å². The van der Waals surface area contributed by atoms with E-state index < -0.39 is 18.2 Å². The summed E-state index contributed by atoms with van der Waals surface area (Å²) in [5.74, 6) is -0.618. The number of nitrogens with one attached hydrogen (secondary N) is 1. The number of rotatable bonds is 6. The SMILES string of the molecule is CCOC(=O)C(Cc1ccc(Cl)c(Cl)c1)OC(=O)N1CCC(N2CCc3ccccc3NC2=O)CC1. The summed E-state index contributed by atoms with van der Waals surface area (Å²) < 4.78 is 10.7. The van der Waals surface area contributed by atoms with Gasteiger partial charge < -0.3 is 24.6 Å². The highest BCUT2D eigenvalue weighted by Gasteiger charge is 2.33. The predicted octanol–water partition coefficient (Wildman–Crippen LogP) is 5.16. The largest absolute Gasteiger partial charge is 0.463 e. The molecule has 1 unspecified atom stereocenters. The number of piperidine rings is 1. The van der Waals surface area contributed by atoms with Crippen LogP contribution in [0.3, 0.4) is 0 Å². The molecule has 1 saturated heterocycles. The van der Waals surface area contributed by atoms with Crippen LogP contribution >= 0.6 is 23.2 Å². The first-order chi connectivity index (χ1) is 17.4. The number of anilines is 1. The Hall–Kier alpha value is -2.97. The van der Waals surface area contributed by atoms with Crippen molar-refractivity contribution in [2.75, 3.05) is 31.6 Å². The van der Waals surface area contributed by atoms with Gasteiger partial charge in [0.05, 0.1) is 16.7 Å². The summed E-state index contributed by atoms with van der Waals surface area (Å²) in [5, 5.41) is 3.75. The third kappa shape index (κ3) is 6.23. The molecule has 0 spiro atoms. The molecular formula is C26H29Cl2N3O5. The van der Waals surface area contributed by atoms with Crippen LogP contribution in [-0.2, 0) is 27.1 Å². The minimum Gasteiger partial charge on any atom is -0.463 e. The van der Waals surface area contributed by atoms with Crippen LogP contribution in [-0.4, -0.2) is 66.3 Å². The lowest BCUT2D eigenvalue weighted by molar-refractivity contribution is -0.153. The lowest BCUT2D eigenvalue weighted by Crippen LogP contribution is -2.50. The molecule has 2 aromatic carbocycles. The Kier molecular flexibility index (Phi) is 8.59. The Morgan fingerprint density at radius 2 is 1.83 bits per heavy atom. The van der Waals surface area contributed by atoms with Crippen LogP contribution in [0.5, 0.6) is 0 Å².